The maximum Gasteiger partial charge on any atom is 0.119 e. The lowest BCUT2D eigenvalue weighted by atomic mass is 10.2. The number of hydrogen-bond acceptors (Lipinski definition) is 2. The van der Waals surface area contributed by atoms with Crippen LogP contribution < -0.4 is 4.74 Å². The summed E-state index contributed by atoms with van der Waals surface area (Å²) in [6.07, 6.45) is 0.521. The molecule has 0 spiro atoms. The van der Waals surface area contributed by atoms with E-state index in [0.717, 1.165) is 11.3 Å². The SMILES string of the molecule is CCOc1ccc(C#CCCO)cc1. The van der Waals surface area contributed by atoms with Crippen molar-refractivity contribution in [3.8, 4) is 17.6 Å². The van der Waals surface area contributed by atoms with E-state index in [9.17, 15) is 0 Å². The number of aliphatic hydroxyl groups is 1. The molecule has 14 heavy (non-hydrogen) atoms. The van der Waals surface area contributed by atoms with Crippen molar-refractivity contribution in [3.63, 3.8) is 0 Å². The Kier molecular flexibility index (Phi) is 4.60. The molecule has 1 aromatic carbocycles. The van der Waals surface area contributed by atoms with E-state index in [4.69, 9.17) is 9.84 Å². The van der Waals surface area contributed by atoms with Gasteiger partial charge in [-0.1, -0.05) is 11.8 Å². The predicted octanol–water partition coefficient (Wildman–Crippen LogP) is 1.82. The third-order valence-electron chi connectivity index (χ3n) is 1.63. The molecule has 74 valence electrons. The van der Waals surface area contributed by atoms with Crippen LogP contribution in [0.5, 0.6) is 5.75 Å². The minimum Gasteiger partial charge on any atom is -0.494 e. The zero-order chi connectivity index (χ0) is 10.2. The van der Waals surface area contributed by atoms with Crippen molar-refractivity contribution in [1.82, 2.24) is 0 Å². The average Bonchev–Trinajstić information content (AvgIpc) is 2.21. The molecule has 0 saturated carbocycles. The van der Waals surface area contributed by atoms with E-state index >= 15 is 0 Å². The Bertz CT molecular complexity index is 316. The molecule has 0 radical (unpaired) electrons. The lowest BCUT2D eigenvalue weighted by Gasteiger charge is -2.01. The van der Waals surface area contributed by atoms with Crippen LogP contribution in [0.1, 0.15) is 18.9 Å². The van der Waals surface area contributed by atoms with Gasteiger partial charge in [-0.05, 0) is 31.2 Å². The zero-order valence-corrected chi connectivity index (χ0v) is 8.29. The molecule has 1 rings (SSSR count). The van der Waals surface area contributed by atoms with Gasteiger partial charge in [0.15, 0.2) is 0 Å². The van der Waals surface area contributed by atoms with E-state index in [1.54, 1.807) is 0 Å². The molecule has 2 nitrogen and oxygen atoms in total. The first kappa shape index (κ1) is 10.6. The molecule has 0 fully saturated rings. The Balaban J connectivity index is 2.60. The van der Waals surface area contributed by atoms with Crippen molar-refractivity contribution < 1.29 is 9.84 Å². The number of benzene rings is 1. The highest BCUT2D eigenvalue weighted by molar-refractivity contribution is 5.38. The Labute approximate surface area is 84.5 Å². The van der Waals surface area contributed by atoms with Crippen LogP contribution in [0.4, 0.5) is 0 Å². The Hall–Kier alpha value is -1.46. The minimum absolute atomic E-state index is 0.115. The highest BCUT2D eigenvalue weighted by atomic mass is 16.5. The first-order valence-corrected chi connectivity index (χ1v) is 4.69. The second-order valence-corrected chi connectivity index (χ2v) is 2.73. The minimum atomic E-state index is 0.115. The lowest BCUT2D eigenvalue weighted by Crippen LogP contribution is -1.90. The van der Waals surface area contributed by atoms with Gasteiger partial charge >= 0.3 is 0 Å². The maximum absolute atomic E-state index is 8.54. The number of ether oxygens (including phenoxy) is 1. The molecular formula is C12H14O2. The highest BCUT2D eigenvalue weighted by Gasteiger charge is 1.90. The fourth-order valence-electron chi connectivity index (χ4n) is 1.02. The molecule has 0 unspecified atom stereocenters. The summed E-state index contributed by atoms with van der Waals surface area (Å²) >= 11 is 0. The van der Waals surface area contributed by atoms with Crippen LogP contribution in [0.3, 0.4) is 0 Å². The predicted molar refractivity (Wildman–Crippen MR) is 56.2 cm³/mol. The van der Waals surface area contributed by atoms with E-state index in [2.05, 4.69) is 11.8 Å². The van der Waals surface area contributed by atoms with Crippen molar-refractivity contribution in [2.45, 2.75) is 13.3 Å². The first-order valence-electron chi connectivity index (χ1n) is 4.69. The normalized spacial score (nSPS) is 9.00. The van der Waals surface area contributed by atoms with Gasteiger partial charge in [-0.15, -0.1) is 0 Å². The third kappa shape index (κ3) is 3.51. The standard InChI is InChI=1S/C12H14O2/c1-2-14-12-8-6-11(7-9-12)5-3-4-10-13/h6-9,13H,2,4,10H2,1H3. The molecule has 0 aliphatic heterocycles. The van der Waals surface area contributed by atoms with Crippen molar-refractivity contribution in [2.75, 3.05) is 13.2 Å². The van der Waals surface area contributed by atoms with Gasteiger partial charge in [-0.25, -0.2) is 0 Å². The third-order valence-corrected chi connectivity index (χ3v) is 1.63. The van der Waals surface area contributed by atoms with E-state index in [-0.39, 0.29) is 6.61 Å². The molecule has 0 saturated heterocycles. The Morgan fingerprint density at radius 3 is 2.57 bits per heavy atom. The number of aliphatic hydroxyl groups excluding tert-OH is 1. The van der Waals surface area contributed by atoms with Gasteiger partial charge in [0.2, 0.25) is 0 Å². The molecule has 0 bridgehead atoms. The fourth-order valence-corrected chi connectivity index (χ4v) is 1.02. The van der Waals surface area contributed by atoms with Crippen molar-refractivity contribution in [2.24, 2.45) is 0 Å². The summed E-state index contributed by atoms with van der Waals surface area (Å²) in [4.78, 5) is 0. The van der Waals surface area contributed by atoms with Crippen LogP contribution in [-0.2, 0) is 0 Å². The van der Waals surface area contributed by atoms with Gasteiger partial charge in [0.25, 0.3) is 0 Å². The van der Waals surface area contributed by atoms with Gasteiger partial charge in [0, 0.05) is 12.0 Å². The molecule has 0 aliphatic rings. The molecule has 2 heteroatoms. The van der Waals surface area contributed by atoms with Gasteiger partial charge in [0.1, 0.15) is 5.75 Å². The van der Waals surface area contributed by atoms with Crippen LogP contribution in [0.15, 0.2) is 24.3 Å². The molecule has 0 atom stereocenters. The summed E-state index contributed by atoms with van der Waals surface area (Å²) in [5.41, 5.74) is 0.946. The molecule has 1 aromatic rings. The van der Waals surface area contributed by atoms with Gasteiger partial charge in [-0.3, -0.25) is 0 Å². The smallest absolute Gasteiger partial charge is 0.119 e. The average molecular weight is 190 g/mol. The summed E-state index contributed by atoms with van der Waals surface area (Å²) in [6.45, 7) is 2.74. The van der Waals surface area contributed by atoms with Crippen LogP contribution in [0, 0.1) is 11.8 Å². The highest BCUT2D eigenvalue weighted by Crippen LogP contribution is 2.10. The van der Waals surface area contributed by atoms with E-state index < -0.39 is 0 Å². The summed E-state index contributed by atoms with van der Waals surface area (Å²) in [7, 11) is 0. The van der Waals surface area contributed by atoms with Crippen LogP contribution in [0.2, 0.25) is 0 Å². The number of rotatable bonds is 3. The van der Waals surface area contributed by atoms with Gasteiger partial charge < -0.3 is 9.84 Å². The van der Waals surface area contributed by atoms with Crippen molar-refractivity contribution in [1.29, 1.82) is 0 Å². The topological polar surface area (TPSA) is 29.5 Å². The van der Waals surface area contributed by atoms with Crippen molar-refractivity contribution >= 4 is 0 Å². The van der Waals surface area contributed by atoms with Gasteiger partial charge in [-0.2, -0.15) is 0 Å². The molecule has 0 heterocycles. The summed E-state index contributed by atoms with van der Waals surface area (Å²) < 4.78 is 5.30. The van der Waals surface area contributed by atoms with E-state index in [1.165, 1.54) is 0 Å². The summed E-state index contributed by atoms with van der Waals surface area (Å²) in [6, 6.07) is 7.61. The van der Waals surface area contributed by atoms with E-state index in [1.807, 2.05) is 31.2 Å². The number of hydrogen-bond donors (Lipinski definition) is 1. The summed E-state index contributed by atoms with van der Waals surface area (Å²) in [5.74, 6) is 6.67. The van der Waals surface area contributed by atoms with Crippen molar-refractivity contribution in [3.05, 3.63) is 29.8 Å². The molecular weight excluding hydrogens is 176 g/mol. The second-order valence-electron chi connectivity index (χ2n) is 2.73. The van der Waals surface area contributed by atoms with Crippen LogP contribution >= 0.6 is 0 Å². The maximum atomic E-state index is 8.54. The molecule has 0 amide bonds. The molecule has 0 aromatic heterocycles. The second kappa shape index (κ2) is 6.06. The Morgan fingerprint density at radius 2 is 2.00 bits per heavy atom. The zero-order valence-electron chi connectivity index (χ0n) is 8.29. The molecule has 1 N–H and O–H groups in total. The van der Waals surface area contributed by atoms with Crippen LogP contribution in [-0.4, -0.2) is 18.3 Å². The molecule has 0 aliphatic carbocycles. The summed E-state index contributed by atoms with van der Waals surface area (Å²) in [5, 5.41) is 8.54. The van der Waals surface area contributed by atoms with Crippen LogP contribution in [0.25, 0.3) is 0 Å². The first-order chi connectivity index (χ1) is 6.86. The lowest BCUT2D eigenvalue weighted by molar-refractivity contribution is 0.305. The van der Waals surface area contributed by atoms with E-state index in [0.29, 0.717) is 13.0 Å². The monoisotopic (exact) mass is 190 g/mol. The fraction of sp³-hybridized carbons (Fsp3) is 0.333. The quantitative estimate of drug-likeness (QED) is 0.737. The van der Waals surface area contributed by atoms with Gasteiger partial charge in [0.05, 0.1) is 13.2 Å². The largest absolute Gasteiger partial charge is 0.494 e. The Morgan fingerprint density at radius 1 is 1.29 bits per heavy atom.